The molecule has 0 radical (unpaired) electrons. The van der Waals surface area contributed by atoms with Crippen LogP contribution in [0.15, 0.2) is 48.5 Å². The predicted molar refractivity (Wildman–Crippen MR) is 65.3 cm³/mol. The van der Waals surface area contributed by atoms with Crippen molar-refractivity contribution >= 4 is 0 Å². The SMILES string of the molecule is OC1Cc2ccccc2-c2ccccc2C1. The highest BCUT2D eigenvalue weighted by atomic mass is 16.3. The minimum absolute atomic E-state index is 0.259. The van der Waals surface area contributed by atoms with Gasteiger partial charge >= 0.3 is 0 Å². The van der Waals surface area contributed by atoms with Gasteiger partial charge in [-0.25, -0.2) is 0 Å². The van der Waals surface area contributed by atoms with Crippen LogP contribution in [0.2, 0.25) is 0 Å². The van der Waals surface area contributed by atoms with Crippen molar-refractivity contribution < 1.29 is 5.11 Å². The van der Waals surface area contributed by atoms with Gasteiger partial charge in [0, 0.05) is 0 Å². The Hall–Kier alpha value is -1.60. The number of fused-ring (bicyclic) bond motifs is 3. The van der Waals surface area contributed by atoms with Gasteiger partial charge in [0.05, 0.1) is 6.10 Å². The molecule has 1 aliphatic carbocycles. The molecule has 0 bridgehead atoms. The second-order valence-electron chi connectivity index (χ2n) is 4.38. The second kappa shape index (κ2) is 3.76. The van der Waals surface area contributed by atoms with Gasteiger partial charge in [0.2, 0.25) is 0 Å². The van der Waals surface area contributed by atoms with Gasteiger partial charge < -0.3 is 5.11 Å². The molecule has 0 fully saturated rings. The molecule has 2 aromatic carbocycles. The fourth-order valence-corrected chi connectivity index (χ4v) is 2.50. The average molecular weight is 210 g/mol. The van der Waals surface area contributed by atoms with Crippen LogP contribution in [0, 0.1) is 0 Å². The summed E-state index contributed by atoms with van der Waals surface area (Å²) in [5.74, 6) is 0. The topological polar surface area (TPSA) is 20.2 Å². The lowest BCUT2D eigenvalue weighted by Crippen LogP contribution is -2.11. The lowest BCUT2D eigenvalue weighted by Gasteiger charge is -2.07. The molecule has 0 amide bonds. The minimum atomic E-state index is -0.259. The lowest BCUT2D eigenvalue weighted by atomic mass is 9.97. The summed E-state index contributed by atoms with van der Waals surface area (Å²) in [6, 6.07) is 16.7. The van der Waals surface area contributed by atoms with E-state index < -0.39 is 0 Å². The van der Waals surface area contributed by atoms with Crippen molar-refractivity contribution in [2.45, 2.75) is 18.9 Å². The number of aliphatic hydroxyl groups is 1. The Morgan fingerprint density at radius 2 is 1.19 bits per heavy atom. The summed E-state index contributed by atoms with van der Waals surface area (Å²) in [7, 11) is 0. The Morgan fingerprint density at radius 3 is 1.69 bits per heavy atom. The molecule has 0 saturated carbocycles. The Bertz CT molecular complexity index is 469. The van der Waals surface area contributed by atoms with E-state index in [-0.39, 0.29) is 6.10 Å². The fraction of sp³-hybridized carbons (Fsp3) is 0.200. The summed E-state index contributed by atoms with van der Waals surface area (Å²) >= 11 is 0. The highest BCUT2D eigenvalue weighted by Crippen LogP contribution is 2.31. The molecule has 2 aromatic rings. The van der Waals surface area contributed by atoms with E-state index in [2.05, 4.69) is 36.4 Å². The Morgan fingerprint density at radius 1 is 0.750 bits per heavy atom. The van der Waals surface area contributed by atoms with E-state index >= 15 is 0 Å². The van der Waals surface area contributed by atoms with Gasteiger partial charge in [0.15, 0.2) is 0 Å². The zero-order valence-corrected chi connectivity index (χ0v) is 9.06. The van der Waals surface area contributed by atoms with Crippen molar-refractivity contribution in [3.8, 4) is 11.1 Å². The summed E-state index contributed by atoms with van der Waals surface area (Å²) in [6.07, 6.45) is 1.25. The molecule has 1 nitrogen and oxygen atoms in total. The Labute approximate surface area is 95.4 Å². The second-order valence-corrected chi connectivity index (χ2v) is 4.38. The van der Waals surface area contributed by atoms with Crippen molar-refractivity contribution in [1.29, 1.82) is 0 Å². The van der Waals surface area contributed by atoms with Gasteiger partial charge in [0.1, 0.15) is 0 Å². The molecule has 3 rings (SSSR count). The van der Waals surface area contributed by atoms with Crippen LogP contribution in [0.5, 0.6) is 0 Å². The highest BCUT2D eigenvalue weighted by Gasteiger charge is 2.18. The standard InChI is InChI=1S/C15H14O/c16-13-9-11-5-1-3-7-14(11)15-8-4-2-6-12(15)10-13/h1-8,13,16H,9-10H2. The maximum absolute atomic E-state index is 9.98. The molecule has 1 N–H and O–H groups in total. The minimum Gasteiger partial charge on any atom is -0.392 e. The number of rotatable bonds is 0. The van der Waals surface area contributed by atoms with Gasteiger partial charge in [-0.15, -0.1) is 0 Å². The average Bonchev–Trinajstić information content (AvgIpc) is 2.44. The molecular weight excluding hydrogens is 196 g/mol. The van der Waals surface area contributed by atoms with Crippen LogP contribution in [-0.4, -0.2) is 11.2 Å². The first-order valence-corrected chi connectivity index (χ1v) is 5.69. The normalized spacial score (nSPS) is 15.1. The zero-order valence-electron chi connectivity index (χ0n) is 9.06. The van der Waals surface area contributed by atoms with Gasteiger partial charge in [-0.05, 0) is 35.1 Å². The fourth-order valence-electron chi connectivity index (χ4n) is 2.50. The smallest absolute Gasteiger partial charge is 0.0621 e. The molecule has 1 heteroatoms. The molecule has 0 unspecified atom stereocenters. The van der Waals surface area contributed by atoms with Crippen molar-refractivity contribution in [2.24, 2.45) is 0 Å². The van der Waals surface area contributed by atoms with E-state index in [4.69, 9.17) is 0 Å². The van der Waals surface area contributed by atoms with Crippen LogP contribution in [0.25, 0.3) is 11.1 Å². The van der Waals surface area contributed by atoms with E-state index in [1.54, 1.807) is 0 Å². The predicted octanol–water partition coefficient (Wildman–Crippen LogP) is 2.81. The van der Waals surface area contributed by atoms with Crippen LogP contribution in [-0.2, 0) is 12.8 Å². The van der Waals surface area contributed by atoms with Crippen LogP contribution in [0.3, 0.4) is 0 Å². The monoisotopic (exact) mass is 210 g/mol. The molecule has 0 aromatic heterocycles. The quantitative estimate of drug-likeness (QED) is 0.709. The van der Waals surface area contributed by atoms with Crippen LogP contribution in [0.4, 0.5) is 0 Å². The highest BCUT2D eigenvalue weighted by molar-refractivity contribution is 5.71. The molecule has 0 spiro atoms. The third kappa shape index (κ3) is 1.54. The van der Waals surface area contributed by atoms with Gasteiger partial charge in [-0.2, -0.15) is 0 Å². The first-order valence-electron chi connectivity index (χ1n) is 5.69. The third-order valence-corrected chi connectivity index (χ3v) is 3.24. The van der Waals surface area contributed by atoms with E-state index in [0.717, 1.165) is 12.8 Å². The maximum Gasteiger partial charge on any atom is 0.0621 e. The van der Waals surface area contributed by atoms with Gasteiger partial charge in [-0.1, -0.05) is 48.5 Å². The van der Waals surface area contributed by atoms with Gasteiger partial charge in [0.25, 0.3) is 0 Å². The number of hydrogen-bond acceptors (Lipinski definition) is 1. The summed E-state index contributed by atoms with van der Waals surface area (Å²) in [5, 5.41) is 9.98. The third-order valence-electron chi connectivity index (χ3n) is 3.24. The molecule has 1 aliphatic rings. The van der Waals surface area contributed by atoms with Crippen molar-refractivity contribution in [3.63, 3.8) is 0 Å². The number of aliphatic hydroxyl groups excluding tert-OH is 1. The summed E-state index contributed by atoms with van der Waals surface area (Å²) in [4.78, 5) is 0. The lowest BCUT2D eigenvalue weighted by molar-refractivity contribution is 0.176. The first kappa shape index (κ1) is 9.61. The van der Waals surface area contributed by atoms with Crippen molar-refractivity contribution in [1.82, 2.24) is 0 Å². The van der Waals surface area contributed by atoms with E-state index in [1.807, 2.05) is 12.1 Å². The van der Waals surface area contributed by atoms with Crippen molar-refractivity contribution in [3.05, 3.63) is 59.7 Å². The van der Waals surface area contributed by atoms with Crippen LogP contribution >= 0.6 is 0 Å². The molecule has 0 heterocycles. The van der Waals surface area contributed by atoms with Crippen LogP contribution < -0.4 is 0 Å². The van der Waals surface area contributed by atoms with Gasteiger partial charge in [-0.3, -0.25) is 0 Å². The van der Waals surface area contributed by atoms with E-state index in [1.165, 1.54) is 22.3 Å². The van der Waals surface area contributed by atoms with E-state index in [0.29, 0.717) is 0 Å². The maximum atomic E-state index is 9.98. The molecule has 0 saturated heterocycles. The molecular formula is C15H14O. The largest absolute Gasteiger partial charge is 0.392 e. The summed E-state index contributed by atoms with van der Waals surface area (Å²) in [5.41, 5.74) is 5.05. The molecule has 16 heavy (non-hydrogen) atoms. The van der Waals surface area contributed by atoms with Crippen molar-refractivity contribution in [2.75, 3.05) is 0 Å². The molecule has 80 valence electrons. The van der Waals surface area contributed by atoms with E-state index in [9.17, 15) is 5.11 Å². The molecule has 0 atom stereocenters. The van der Waals surface area contributed by atoms with Crippen LogP contribution in [0.1, 0.15) is 11.1 Å². The number of benzene rings is 2. The first-order chi connectivity index (χ1) is 7.84. The Balaban J connectivity index is 2.26. The summed E-state index contributed by atoms with van der Waals surface area (Å²) < 4.78 is 0. The zero-order chi connectivity index (χ0) is 11.0. The summed E-state index contributed by atoms with van der Waals surface area (Å²) in [6.45, 7) is 0. The molecule has 0 aliphatic heterocycles. The number of hydrogen-bond donors (Lipinski definition) is 1. The Kier molecular flexibility index (Phi) is 2.26.